The van der Waals surface area contributed by atoms with Crippen molar-refractivity contribution in [2.45, 2.75) is 29.8 Å². The molecule has 1 saturated carbocycles. The van der Waals surface area contributed by atoms with Crippen molar-refractivity contribution in [1.29, 1.82) is 0 Å². The average molecular weight is 269 g/mol. The van der Waals surface area contributed by atoms with E-state index in [4.69, 9.17) is 0 Å². The lowest BCUT2D eigenvalue weighted by Gasteiger charge is -2.36. The summed E-state index contributed by atoms with van der Waals surface area (Å²) in [6, 6.07) is 6.04. The summed E-state index contributed by atoms with van der Waals surface area (Å²) < 4.78 is 12.7. The lowest BCUT2D eigenvalue weighted by atomic mass is 9.80. The van der Waals surface area contributed by atoms with Crippen LogP contribution in [-0.4, -0.2) is 28.9 Å². The molecule has 0 unspecified atom stereocenters. The van der Waals surface area contributed by atoms with E-state index >= 15 is 0 Å². The molecule has 1 aliphatic rings. The topological polar surface area (TPSA) is 49.3 Å². The van der Waals surface area contributed by atoms with Gasteiger partial charge in [-0.15, -0.1) is 11.8 Å². The van der Waals surface area contributed by atoms with Crippen LogP contribution >= 0.6 is 11.8 Å². The Bertz CT molecular complexity index is 418. The van der Waals surface area contributed by atoms with Crippen molar-refractivity contribution in [3.05, 3.63) is 30.1 Å². The highest BCUT2D eigenvalue weighted by Crippen LogP contribution is 2.30. The first-order chi connectivity index (χ1) is 8.57. The van der Waals surface area contributed by atoms with Crippen molar-refractivity contribution >= 4 is 17.7 Å². The molecule has 18 heavy (non-hydrogen) atoms. The Morgan fingerprint density at radius 1 is 1.39 bits per heavy atom. The molecule has 0 aliphatic heterocycles. The first-order valence-corrected chi connectivity index (χ1v) is 6.93. The van der Waals surface area contributed by atoms with E-state index in [1.165, 1.54) is 23.9 Å². The SMILES string of the molecule is O=C(CSc1ccc(F)cc1)NCC1(O)CCC1. The Kier molecular flexibility index (Phi) is 4.24. The molecule has 2 rings (SSSR count). The Morgan fingerprint density at radius 3 is 2.61 bits per heavy atom. The van der Waals surface area contributed by atoms with E-state index in [2.05, 4.69) is 5.32 Å². The summed E-state index contributed by atoms with van der Waals surface area (Å²) in [6.45, 7) is 0.329. The maximum Gasteiger partial charge on any atom is 0.230 e. The molecule has 0 heterocycles. The minimum Gasteiger partial charge on any atom is -0.388 e. The van der Waals surface area contributed by atoms with Crippen molar-refractivity contribution < 1.29 is 14.3 Å². The highest BCUT2D eigenvalue weighted by molar-refractivity contribution is 8.00. The van der Waals surface area contributed by atoms with Gasteiger partial charge in [0.05, 0.1) is 11.4 Å². The van der Waals surface area contributed by atoms with E-state index in [0.29, 0.717) is 6.54 Å². The van der Waals surface area contributed by atoms with Gasteiger partial charge in [0.1, 0.15) is 5.82 Å². The molecule has 1 fully saturated rings. The summed E-state index contributed by atoms with van der Waals surface area (Å²) in [6.07, 6.45) is 2.55. The van der Waals surface area contributed by atoms with Crippen LogP contribution in [0.1, 0.15) is 19.3 Å². The van der Waals surface area contributed by atoms with E-state index in [-0.39, 0.29) is 17.5 Å². The van der Waals surface area contributed by atoms with Gasteiger partial charge in [-0.05, 0) is 43.5 Å². The molecule has 5 heteroatoms. The molecule has 1 amide bonds. The molecular formula is C13H16FNO2S. The fourth-order valence-corrected chi connectivity index (χ4v) is 2.48. The second-order valence-corrected chi connectivity index (χ2v) is 5.65. The fourth-order valence-electron chi connectivity index (χ4n) is 1.76. The largest absolute Gasteiger partial charge is 0.388 e. The molecule has 0 spiro atoms. The summed E-state index contributed by atoms with van der Waals surface area (Å²) in [4.78, 5) is 12.4. The minimum absolute atomic E-state index is 0.107. The van der Waals surface area contributed by atoms with E-state index in [1.54, 1.807) is 12.1 Å². The molecule has 0 atom stereocenters. The van der Waals surface area contributed by atoms with Gasteiger partial charge in [0.15, 0.2) is 0 Å². The van der Waals surface area contributed by atoms with Crippen molar-refractivity contribution in [3.63, 3.8) is 0 Å². The zero-order chi connectivity index (χ0) is 13.0. The van der Waals surface area contributed by atoms with Crippen molar-refractivity contribution in [2.24, 2.45) is 0 Å². The standard InChI is InChI=1S/C13H16FNO2S/c14-10-2-4-11(5-3-10)18-8-12(16)15-9-13(17)6-1-7-13/h2-5,17H,1,6-9H2,(H,15,16). The molecule has 0 aromatic heterocycles. The predicted molar refractivity (Wildman–Crippen MR) is 68.9 cm³/mol. The van der Waals surface area contributed by atoms with E-state index < -0.39 is 5.60 Å². The number of nitrogens with one attached hydrogen (secondary N) is 1. The lowest BCUT2D eigenvalue weighted by molar-refractivity contribution is -0.121. The van der Waals surface area contributed by atoms with Gasteiger partial charge in [-0.1, -0.05) is 0 Å². The Morgan fingerprint density at radius 2 is 2.06 bits per heavy atom. The number of hydrogen-bond acceptors (Lipinski definition) is 3. The number of thioether (sulfide) groups is 1. The van der Waals surface area contributed by atoms with Crippen LogP contribution in [0.4, 0.5) is 4.39 Å². The predicted octanol–water partition coefficient (Wildman–Crippen LogP) is 1.95. The molecular weight excluding hydrogens is 253 g/mol. The van der Waals surface area contributed by atoms with Crippen LogP contribution in [-0.2, 0) is 4.79 Å². The van der Waals surface area contributed by atoms with E-state index in [0.717, 1.165) is 24.2 Å². The molecule has 0 radical (unpaired) electrons. The van der Waals surface area contributed by atoms with Crippen molar-refractivity contribution in [2.75, 3.05) is 12.3 Å². The Hall–Kier alpha value is -1.07. The monoisotopic (exact) mass is 269 g/mol. The molecule has 1 aliphatic carbocycles. The molecule has 1 aromatic carbocycles. The maximum absolute atomic E-state index is 12.7. The van der Waals surface area contributed by atoms with Gasteiger partial charge >= 0.3 is 0 Å². The van der Waals surface area contributed by atoms with Crippen LogP contribution in [0.5, 0.6) is 0 Å². The molecule has 98 valence electrons. The van der Waals surface area contributed by atoms with Crippen LogP contribution in [0.3, 0.4) is 0 Å². The van der Waals surface area contributed by atoms with Gasteiger partial charge in [0.2, 0.25) is 5.91 Å². The normalized spacial score (nSPS) is 17.0. The van der Waals surface area contributed by atoms with Gasteiger partial charge in [-0.25, -0.2) is 4.39 Å². The van der Waals surface area contributed by atoms with Crippen LogP contribution < -0.4 is 5.32 Å². The molecule has 1 aromatic rings. The van der Waals surface area contributed by atoms with E-state index in [9.17, 15) is 14.3 Å². The number of carbonyl (C=O) groups excluding carboxylic acids is 1. The fraction of sp³-hybridized carbons (Fsp3) is 0.462. The van der Waals surface area contributed by atoms with Gasteiger partial charge in [-0.3, -0.25) is 4.79 Å². The number of amides is 1. The number of hydrogen-bond donors (Lipinski definition) is 2. The number of benzene rings is 1. The minimum atomic E-state index is -0.684. The Labute approximate surface area is 110 Å². The second-order valence-electron chi connectivity index (χ2n) is 4.60. The third kappa shape index (κ3) is 3.71. The first-order valence-electron chi connectivity index (χ1n) is 5.95. The zero-order valence-electron chi connectivity index (χ0n) is 9.99. The van der Waals surface area contributed by atoms with Crippen LogP contribution in [0.15, 0.2) is 29.2 Å². The number of aliphatic hydroxyl groups is 1. The van der Waals surface area contributed by atoms with Gasteiger partial charge in [-0.2, -0.15) is 0 Å². The summed E-state index contributed by atoms with van der Waals surface area (Å²) in [7, 11) is 0. The van der Waals surface area contributed by atoms with Crippen LogP contribution in [0.2, 0.25) is 0 Å². The third-order valence-electron chi connectivity index (χ3n) is 3.08. The average Bonchev–Trinajstić information content (AvgIpc) is 2.33. The van der Waals surface area contributed by atoms with Gasteiger partial charge in [0, 0.05) is 11.4 Å². The third-order valence-corrected chi connectivity index (χ3v) is 4.09. The summed E-state index contributed by atoms with van der Waals surface area (Å²) >= 11 is 1.35. The second kappa shape index (κ2) is 5.71. The molecule has 3 nitrogen and oxygen atoms in total. The molecule has 2 N–H and O–H groups in total. The number of halogens is 1. The summed E-state index contributed by atoms with van der Waals surface area (Å²) in [5.41, 5.74) is -0.684. The summed E-state index contributed by atoms with van der Waals surface area (Å²) in [5.74, 6) is -0.109. The highest BCUT2D eigenvalue weighted by atomic mass is 32.2. The zero-order valence-corrected chi connectivity index (χ0v) is 10.8. The Balaban J connectivity index is 1.69. The van der Waals surface area contributed by atoms with E-state index in [1.807, 2.05) is 0 Å². The van der Waals surface area contributed by atoms with Crippen molar-refractivity contribution in [1.82, 2.24) is 5.32 Å². The van der Waals surface area contributed by atoms with Gasteiger partial charge < -0.3 is 10.4 Å². The number of carbonyl (C=O) groups is 1. The van der Waals surface area contributed by atoms with Crippen LogP contribution in [0, 0.1) is 5.82 Å². The van der Waals surface area contributed by atoms with Crippen LogP contribution in [0.25, 0.3) is 0 Å². The maximum atomic E-state index is 12.7. The van der Waals surface area contributed by atoms with Crippen molar-refractivity contribution in [3.8, 4) is 0 Å². The number of rotatable bonds is 5. The lowest BCUT2D eigenvalue weighted by Crippen LogP contribution is -2.48. The quantitative estimate of drug-likeness (QED) is 0.803. The highest BCUT2D eigenvalue weighted by Gasteiger charge is 2.34. The van der Waals surface area contributed by atoms with Gasteiger partial charge in [0.25, 0.3) is 0 Å². The molecule has 0 bridgehead atoms. The molecule has 0 saturated heterocycles. The first kappa shape index (κ1) is 13.4. The smallest absolute Gasteiger partial charge is 0.230 e. The summed E-state index contributed by atoms with van der Waals surface area (Å²) in [5, 5.41) is 12.5.